The predicted molar refractivity (Wildman–Crippen MR) is 125 cm³/mol. The standard InChI is InChI=1S/C23H28N4O5S/c1-18(28)19-5-7-21(8-6-19)25-9-11-26(12-10-25)23(29)24-20-3-2-4-22(17-20)33(30,31)27-13-15-32-16-14-27/h2-8,17H,9-16H2,1H3,(H,24,29). The number of Topliss-reactive ketones (excluding diaryl/α,β-unsaturated/α-hetero) is 1. The Morgan fingerprint density at radius 1 is 0.909 bits per heavy atom. The fourth-order valence-corrected chi connectivity index (χ4v) is 5.40. The fraction of sp³-hybridized carbons (Fsp3) is 0.391. The van der Waals surface area contributed by atoms with Gasteiger partial charge in [0, 0.05) is 56.2 Å². The largest absolute Gasteiger partial charge is 0.379 e. The normalized spacial score (nSPS) is 17.6. The molecule has 10 heteroatoms. The van der Waals surface area contributed by atoms with Crippen LogP contribution in [0.4, 0.5) is 16.2 Å². The molecule has 2 aromatic carbocycles. The van der Waals surface area contributed by atoms with Crippen LogP contribution in [0, 0.1) is 0 Å². The maximum absolute atomic E-state index is 12.9. The highest BCUT2D eigenvalue weighted by Gasteiger charge is 2.27. The summed E-state index contributed by atoms with van der Waals surface area (Å²) in [5.74, 6) is 0.0323. The van der Waals surface area contributed by atoms with Gasteiger partial charge in [-0.3, -0.25) is 4.79 Å². The van der Waals surface area contributed by atoms with Gasteiger partial charge in [-0.15, -0.1) is 0 Å². The summed E-state index contributed by atoms with van der Waals surface area (Å²) in [5.41, 5.74) is 2.13. The minimum atomic E-state index is -3.63. The highest BCUT2D eigenvalue weighted by molar-refractivity contribution is 7.89. The summed E-state index contributed by atoms with van der Waals surface area (Å²) in [6.07, 6.45) is 0. The van der Waals surface area contributed by atoms with E-state index in [0.29, 0.717) is 63.7 Å². The molecule has 0 spiro atoms. The van der Waals surface area contributed by atoms with Gasteiger partial charge in [0.05, 0.1) is 18.1 Å². The van der Waals surface area contributed by atoms with Crippen LogP contribution >= 0.6 is 0 Å². The number of sulfonamides is 1. The average Bonchev–Trinajstić information content (AvgIpc) is 2.85. The second kappa shape index (κ2) is 9.90. The molecule has 33 heavy (non-hydrogen) atoms. The van der Waals surface area contributed by atoms with Crippen LogP contribution in [0.2, 0.25) is 0 Å². The fourth-order valence-electron chi connectivity index (χ4n) is 3.95. The minimum absolute atomic E-state index is 0.0323. The number of morpholine rings is 1. The zero-order chi connectivity index (χ0) is 23.4. The molecule has 0 atom stereocenters. The van der Waals surface area contributed by atoms with Crippen molar-refractivity contribution in [3.05, 3.63) is 54.1 Å². The molecule has 9 nitrogen and oxygen atoms in total. The van der Waals surface area contributed by atoms with Gasteiger partial charge < -0.3 is 19.9 Å². The van der Waals surface area contributed by atoms with Crippen LogP contribution in [-0.2, 0) is 14.8 Å². The monoisotopic (exact) mass is 472 g/mol. The lowest BCUT2D eigenvalue weighted by molar-refractivity contribution is 0.0730. The Balaban J connectivity index is 1.35. The average molecular weight is 473 g/mol. The van der Waals surface area contributed by atoms with Crippen molar-refractivity contribution in [3.8, 4) is 0 Å². The molecule has 2 saturated heterocycles. The van der Waals surface area contributed by atoms with Gasteiger partial charge in [0.2, 0.25) is 10.0 Å². The van der Waals surface area contributed by atoms with Crippen molar-refractivity contribution in [2.75, 3.05) is 62.7 Å². The highest BCUT2D eigenvalue weighted by atomic mass is 32.2. The molecule has 0 aromatic heterocycles. The summed E-state index contributed by atoms with van der Waals surface area (Å²) in [5, 5.41) is 2.82. The van der Waals surface area contributed by atoms with Crippen molar-refractivity contribution in [1.29, 1.82) is 0 Å². The van der Waals surface area contributed by atoms with Crippen LogP contribution in [0.15, 0.2) is 53.4 Å². The number of hydrogen-bond acceptors (Lipinski definition) is 6. The molecule has 2 amide bonds. The van der Waals surface area contributed by atoms with E-state index in [1.54, 1.807) is 24.0 Å². The molecule has 176 valence electrons. The third-order valence-corrected chi connectivity index (χ3v) is 7.79. The Morgan fingerprint density at radius 2 is 1.58 bits per heavy atom. The van der Waals surface area contributed by atoms with E-state index < -0.39 is 10.0 Å². The second-order valence-corrected chi connectivity index (χ2v) is 9.99. The number of nitrogens with zero attached hydrogens (tertiary/aromatic N) is 3. The first-order valence-electron chi connectivity index (χ1n) is 10.9. The van der Waals surface area contributed by atoms with E-state index in [1.807, 2.05) is 24.3 Å². The number of piperazine rings is 1. The molecule has 2 fully saturated rings. The number of urea groups is 1. The Morgan fingerprint density at radius 3 is 2.21 bits per heavy atom. The van der Waals surface area contributed by atoms with Gasteiger partial charge in [-0.1, -0.05) is 6.07 Å². The van der Waals surface area contributed by atoms with E-state index in [9.17, 15) is 18.0 Å². The van der Waals surface area contributed by atoms with Gasteiger partial charge in [-0.25, -0.2) is 13.2 Å². The molecule has 4 rings (SSSR count). The van der Waals surface area contributed by atoms with E-state index in [4.69, 9.17) is 4.74 Å². The van der Waals surface area contributed by atoms with Gasteiger partial charge in [-0.2, -0.15) is 4.31 Å². The summed E-state index contributed by atoms with van der Waals surface area (Å²) < 4.78 is 32.4. The second-order valence-electron chi connectivity index (χ2n) is 8.05. The van der Waals surface area contributed by atoms with Gasteiger partial charge in [0.1, 0.15) is 0 Å². The zero-order valence-corrected chi connectivity index (χ0v) is 19.4. The number of ketones is 1. The Kier molecular flexibility index (Phi) is 6.96. The van der Waals surface area contributed by atoms with Gasteiger partial charge in [0.15, 0.2) is 5.78 Å². The molecule has 2 heterocycles. The van der Waals surface area contributed by atoms with Gasteiger partial charge in [0.25, 0.3) is 0 Å². The first kappa shape index (κ1) is 23.2. The maximum Gasteiger partial charge on any atom is 0.321 e. The van der Waals surface area contributed by atoms with Crippen LogP contribution in [0.5, 0.6) is 0 Å². The van der Waals surface area contributed by atoms with E-state index in [-0.39, 0.29) is 16.7 Å². The molecule has 1 N–H and O–H groups in total. The van der Waals surface area contributed by atoms with Crippen LogP contribution in [-0.4, -0.2) is 81.9 Å². The Labute approximate surface area is 194 Å². The lowest BCUT2D eigenvalue weighted by Gasteiger charge is -2.36. The molecular formula is C23H28N4O5S. The summed E-state index contributed by atoms with van der Waals surface area (Å²) in [4.78, 5) is 28.3. The quantitative estimate of drug-likeness (QED) is 0.671. The van der Waals surface area contributed by atoms with Crippen molar-refractivity contribution in [1.82, 2.24) is 9.21 Å². The SMILES string of the molecule is CC(=O)c1ccc(N2CCN(C(=O)Nc3cccc(S(=O)(=O)N4CCOCC4)c3)CC2)cc1. The van der Waals surface area contributed by atoms with E-state index in [0.717, 1.165) is 5.69 Å². The third-order valence-electron chi connectivity index (χ3n) is 5.90. The number of carbonyl (C=O) groups excluding carboxylic acids is 2. The Bertz CT molecular complexity index is 1110. The third kappa shape index (κ3) is 5.35. The zero-order valence-electron chi connectivity index (χ0n) is 18.6. The molecule has 2 aliphatic rings. The number of rotatable bonds is 5. The smallest absolute Gasteiger partial charge is 0.321 e. The predicted octanol–water partition coefficient (Wildman–Crippen LogP) is 2.26. The number of carbonyl (C=O) groups is 2. The molecule has 0 bridgehead atoms. The molecule has 0 saturated carbocycles. The molecule has 0 radical (unpaired) electrons. The number of amides is 2. The number of hydrogen-bond donors (Lipinski definition) is 1. The molecule has 2 aromatic rings. The van der Waals surface area contributed by atoms with Crippen molar-refractivity contribution < 1.29 is 22.7 Å². The number of benzene rings is 2. The van der Waals surface area contributed by atoms with Crippen LogP contribution < -0.4 is 10.2 Å². The Hall–Kier alpha value is -2.95. The first-order chi connectivity index (χ1) is 15.8. The van der Waals surface area contributed by atoms with Crippen LogP contribution in [0.1, 0.15) is 17.3 Å². The summed E-state index contributed by atoms with van der Waals surface area (Å²) >= 11 is 0. The van der Waals surface area contributed by atoms with Crippen molar-refractivity contribution in [2.24, 2.45) is 0 Å². The number of anilines is 2. The van der Waals surface area contributed by atoms with Crippen LogP contribution in [0.25, 0.3) is 0 Å². The number of ether oxygens (including phenoxy) is 1. The summed E-state index contributed by atoms with van der Waals surface area (Å²) in [7, 11) is -3.63. The number of nitrogens with one attached hydrogen (secondary N) is 1. The van der Waals surface area contributed by atoms with Crippen LogP contribution in [0.3, 0.4) is 0 Å². The summed E-state index contributed by atoms with van der Waals surface area (Å²) in [6.45, 7) is 5.33. The van der Waals surface area contributed by atoms with E-state index in [1.165, 1.54) is 16.4 Å². The van der Waals surface area contributed by atoms with Crippen molar-refractivity contribution >= 4 is 33.2 Å². The topological polar surface area (TPSA) is 99.3 Å². The van der Waals surface area contributed by atoms with Crippen molar-refractivity contribution in [2.45, 2.75) is 11.8 Å². The molecule has 0 aliphatic carbocycles. The van der Waals surface area contributed by atoms with Gasteiger partial charge in [-0.05, 0) is 49.4 Å². The first-order valence-corrected chi connectivity index (χ1v) is 12.4. The highest BCUT2D eigenvalue weighted by Crippen LogP contribution is 2.22. The molecular weight excluding hydrogens is 444 g/mol. The van der Waals surface area contributed by atoms with E-state index in [2.05, 4.69) is 10.2 Å². The molecule has 2 aliphatic heterocycles. The maximum atomic E-state index is 12.9. The molecule has 0 unspecified atom stereocenters. The minimum Gasteiger partial charge on any atom is -0.379 e. The lowest BCUT2D eigenvalue weighted by atomic mass is 10.1. The lowest BCUT2D eigenvalue weighted by Crippen LogP contribution is -2.50. The van der Waals surface area contributed by atoms with E-state index >= 15 is 0 Å². The van der Waals surface area contributed by atoms with Gasteiger partial charge >= 0.3 is 6.03 Å². The summed E-state index contributed by atoms with van der Waals surface area (Å²) in [6, 6.07) is 13.6. The van der Waals surface area contributed by atoms with Crippen molar-refractivity contribution in [3.63, 3.8) is 0 Å².